The van der Waals surface area contributed by atoms with Crippen LogP contribution in [0.5, 0.6) is 0 Å². The number of nitrogens with two attached hydrogens (primary N) is 2. The van der Waals surface area contributed by atoms with Gasteiger partial charge in [0.1, 0.15) is 0 Å². The summed E-state index contributed by atoms with van der Waals surface area (Å²) >= 11 is 0. The zero-order valence-corrected chi connectivity index (χ0v) is 11.4. The number of hydrogen-bond acceptors (Lipinski definition) is 4. The zero-order chi connectivity index (χ0) is 14.8. The van der Waals surface area contributed by atoms with E-state index in [0.29, 0.717) is 17.8 Å². The summed E-state index contributed by atoms with van der Waals surface area (Å²) in [6, 6.07) is 7.23. The van der Waals surface area contributed by atoms with Gasteiger partial charge in [0.15, 0.2) is 5.60 Å². The predicted octanol–water partition coefficient (Wildman–Crippen LogP) is 0.946. The summed E-state index contributed by atoms with van der Waals surface area (Å²) in [7, 11) is 0. The second-order valence-electron chi connectivity index (χ2n) is 4.73. The summed E-state index contributed by atoms with van der Waals surface area (Å²) in [6.45, 7) is 2.38. The molecule has 106 valence electrons. The number of para-hydroxylation sites is 1. The number of likely N-dealkylation sites (N-methyl/N-ethyl adjacent to an activating group) is 1. The number of fused-ring (bicyclic) bond motifs is 1. The fourth-order valence-corrected chi connectivity index (χ4v) is 2.52. The first-order valence-electron chi connectivity index (χ1n) is 6.51. The molecule has 1 atom stereocenters. The first-order chi connectivity index (χ1) is 9.54. The van der Waals surface area contributed by atoms with Gasteiger partial charge in [0.2, 0.25) is 0 Å². The van der Waals surface area contributed by atoms with Gasteiger partial charge in [-0.1, -0.05) is 18.2 Å². The number of rotatable bonds is 4. The van der Waals surface area contributed by atoms with Crippen molar-refractivity contribution in [2.75, 3.05) is 11.4 Å². The maximum atomic E-state index is 12.5. The quantitative estimate of drug-likeness (QED) is 0.712. The number of nitrogens with zero attached hydrogens (tertiary/aromatic N) is 1. The molecular weight excluding hydrogens is 254 g/mol. The number of anilines is 1. The first-order valence-corrected chi connectivity index (χ1v) is 6.51. The van der Waals surface area contributed by atoms with Crippen LogP contribution in [0, 0.1) is 0 Å². The molecule has 5 N–H and O–H groups in total. The third-order valence-electron chi connectivity index (χ3n) is 3.44. The average molecular weight is 273 g/mol. The van der Waals surface area contributed by atoms with Gasteiger partial charge >= 0.3 is 0 Å². The highest BCUT2D eigenvalue weighted by Crippen LogP contribution is 2.42. The monoisotopic (exact) mass is 273 g/mol. The van der Waals surface area contributed by atoms with Crippen molar-refractivity contribution < 1.29 is 9.90 Å². The Morgan fingerprint density at radius 3 is 2.80 bits per heavy atom. The van der Waals surface area contributed by atoms with E-state index in [0.717, 1.165) is 5.69 Å². The Hall–Kier alpha value is -2.27. The molecule has 0 bridgehead atoms. The molecule has 0 spiro atoms. The van der Waals surface area contributed by atoms with Crippen LogP contribution in [0.1, 0.15) is 18.9 Å². The number of benzene rings is 1. The molecule has 0 radical (unpaired) electrons. The van der Waals surface area contributed by atoms with E-state index in [2.05, 4.69) is 0 Å². The minimum atomic E-state index is -1.60. The number of allylic oxidation sites excluding steroid dienone is 2. The number of carbonyl (C=O) groups is 1. The molecule has 0 aliphatic carbocycles. The molecule has 0 saturated carbocycles. The van der Waals surface area contributed by atoms with Gasteiger partial charge in [-0.2, -0.15) is 0 Å². The van der Waals surface area contributed by atoms with Crippen LogP contribution in [0.4, 0.5) is 5.69 Å². The van der Waals surface area contributed by atoms with Gasteiger partial charge in [-0.05, 0) is 31.3 Å². The SMILES string of the molecule is CCN1C(=O)C(O)(C/C(N)=C/C=C\N)c2ccccc21. The highest BCUT2D eigenvalue weighted by molar-refractivity contribution is 6.06. The van der Waals surface area contributed by atoms with Gasteiger partial charge in [-0.3, -0.25) is 4.79 Å². The molecular formula is C15H19N3O2. The van der Waals surface area contributed by atoms with Gasteiger partial charge in [0.25, 0.3) is 5.91 Å². The van der Waals surface area contributed by atoms with Crippen molar-refractivity contribution in [1.29, 1.82) is 0 Å². The Balaban J connectivity index is 2.43. The molecule has 0 aromatic heterocycles. The van der Waals surface area contributed by atoms with Crippen LogP contribution in [0.2, 0.25) is 0 Å². The maximum absolute atomic E-state index is 12.5. The van der Waals surface area contributed by atoms with Gasteiger partial charge in [-0.15, -0.1) is 0 Å². The lowest BCUT2D eigenvalue weighted by atomic mass is 9.90. The van der Waals surface area contributed by atoms with Crippen LogP contribution in [0.25, 0.3) is 0 Å². The number of amides is 1. The molecule has 1 aromatic carbocycles. The normalized spacial score (nSPS) is 22.6. The Morgan fingerprint density at radius 1 is 1.45 bits per heavy atom. The van der Waals surface area contributed by atoms with Crippen LogP contribution in [0.15, 0.2) is 48.3 Å². The van der Waals surface area contributed by atoms with Crippen molar-refractivity contribution in [3.05, 3.63) is 53.9 Å². The molecule has 20 heavy (non-hydrogen) atoms. The van der Waals surface area contributed by atoms with E-state index in [4.69, 9.17) is 11.5 Å². The third-order valence-corrected chi connectivity index (χ3v) is 3.44. The van der Waals surface area contributed by atoms with E-state index < -0.39 is 5.60 Å². The lowest BCUT2D eigenvalue weighted by molar-refractivity contribution is -0.136. The smallest absolute Gasteiger partial charge is 0.264 e. The molecule has 5 heteroatoms. The summed E-state index contributed by atoms with van der Waals surface area (Å²) in [4.78, 5) is 14.0. The number of hydrogen-bond donors (Lipinski definition) is 3. The van der Waals surface area contributed by atoms with Crippen molar-refractivity contribution in [3.8, 4) is 0 Å². The fraction of sp³-hybridized carbons (Fsp3) is 0.267. The minimum absolute atomic E-state index is 0.0453. The molecule has 1 amide bonds. The Labute approximate surface area is 118 Å². The van der Waals surface area contributed by atoms with E-state index in [9.17, 15) is 9.90 Å². The largest absolute Gasteiger partial charge is 0.405 e. The van der Waals surface area contributed by atoms with Crippen molar-refractivity contribution in [1.82, 2.24) is 0 Å². The van der Waals surface area contributed by atoms with E-state index in [1.54, 1.807) is 29.2 Å². The van der Waals surface area contributed by atoms with Crippen LogP contribution in [-0.4, -0.2) is 17.6 Å². The molecule has 1 heterocycles. The lowest BCUT2D eigenvalue weighted by Gasteiger charge is -2.22. The lowest BCUT2D eigenvalue weighted by Crippen LogP contribution is -2.41. The summed E-state index contributed by atoms with van der Waals surface area (Å²) in [5.41, 5.74) is 11.2. The summed E-state index contributed by atoms with van der Waals surface area (Å²) in [5.74, 6) is -0.339. The molecule has 0 fully saturated rings. The number of aliphatic hydroxyl groups is 1. The highest BCUT2D eigenvalue weighted by atomic mass is 16.3. The second-order valence-corrected chi connectivity index (χ2v) is 4.73. The Bertz CT molecular complexity index is 580. The summed E-state index contributed by atoms with van der Waals surface area (Å²) in [6.07, 6.45) is 4.55. The summed E-state index contributed by atoms with van der Waals surface area (Å²) in [5, 5.41) is 10.8. The van der Waals surface area contributed by atoms with Crippen LogP contribution < -0.4 is 16.4 Å². The fourth-order valence-electron chi connectivity index (χ4n) is 2.52. The van der Waals surface area contributed by atoms with Crippen LogP contribution in [-0.2, 0) is 10.4 Å². The predicted molar refractivity (Wildman–Crippen MR) is 78.6 cm³/mol. The van der Waals surface area contributed by atoms with E-state index in [-0.39, 0.29) is 12.3 Å². The molecule has 1 aromatic rings. The van der Waals surface area contributed by atoms with Gasteiger partial charge in [0.05, 0.1) is 5.69 Å². The molecule has 5 nitrogen and oxygen atoms in total. The first kappa shape index (κ1) is 14.1. The van der Waals surface area contributed by atoms with Crippen LogP contribution >= 0.6 is 0 Å². The minimum Gasteiger partial charge on any atom is -0.405 e. The molecule has 0 saturated heterocycles. The van der Waals surface area contributed by atoms with E-state index >= 15 is 0 Å². The highest BCUT2D eigenvalue weighted by Gasteiger charge is 2.49. The molecule has 1 aliphatic rings. The Morgan fingerprint density at radius 2 is 2.15 bits per heavy atom. The Kier molecular flexibility index (Phi) is 3.81. The van der Waals surface area contributed by atoms with Crippen molar-refractivity contribution in [2.24, 2.45) is 11.5 Å². The van der Waals surface area contributed by atoms with Gasteiger partial charge < -0.3 is 21.5 Å². The molecule has 1 aliphatic heterocycles. The topological polar surface area (TPSA) is 92.6 Å². The van der Waals surface area contributed by atoms with Crippen molar-refractivity contribution in [3.63, 3.8) is 0 Å². The van der Waals surface area contributed by atoms with Gasteiger partial charge in [-0.25, -0.2) is 0 Å². The van der Waals surface area contributed by atoms with E-state index in [1.807, 2.05) is 19.1 Å². The number of carbonyl (C=O) groups excluding carboxylic acids is 1. The zero-order valence-electron chi connectivity index (χ0n) is 11.4. The third kappa shape index (κ3) is 2.16. The van der Waals surface area contributed by atoms with Crippen molar-refractivity contribution >= 4 is 11.6 Å². The molecule has 2 rings (SSSR count). The second kappa shape index (κ2) is 5.38. The summed E-state index contributed by atoms with van der Waals surface area (Å²) < 4.78 is 0. The molecule has 1 unspecified atom stereocenters. The standard InChI is InChI=1S/C15H19N3O2/c1-2-18-13-8-4-3-7-12(13)15(20,14(18)19)10-11(17)6-5-9-16/h3-9,20H,2,10,16-17H2,1H3/b9-5-,11-6-. The maximum Gasteiger partial charge on any atom is 0.264 e. The van der Waals surface area contributed by atoms with Crippen molar-refractivity contribution in [2.45, 2.75) is 18.9 Å². The van der Waals surface area contributed by atoms with Crippen LogP contribution in [0.3, 0.4) is 0 Å². The average Bonchev–Trinajstić information content (AvgIpc) is 2.66. The van der Waals surface area contributed by atoms with Gasteiger partial charge in [0, 0.05) is 24.2 Å². The van der Waals surface area contributed by atoms with E-state index in [1.165, 1.54) is 6.20 Å².